The van der Waals surface area contributed by atoms with Crippen molar-refractivity contribution in [1.29, 1.82) is 0 Å². The highest BCUT2D eigenvalue weighted by Crippen LogP contribution is 2.36. The van der Waals surface area contributed by atoms with Gasteiger partial charge in [-0.2, -0.15) is 0 Å². The summed E-state index contributed by atoms with van der Waals surface area (Å²) >= 11 is 0. The molecule has 0 spiro atoms. The number of nitrogens with zero attached hydrogens (tertiary/aromatic N) is 1. The Hall–Kier alpha value is -2.95. The molecule has 2 aromatic rings. The molecule has 5 nitrogen and oxygen atoms in total. The molecule has 1 aliphatic heterocycles. The van der Waals surface area contributed by atoms with E-state index in [1.807, 2.05) is 24.3 Å². The minimum absolute atomic E-state index is 0.112. The molecule has 3 rings (SSSR count). The van der Waals surface area contributed by atoms with Gasteiger partial charge in [0.15, 0.2) is 6.10 Å². The Morgan fingerprint density at radius 2 is 2.12 bits per heavy atom. The summed E-state index contributed by atoms with van der Waals surface area (Å²) < 4.78 is 11.3. The standard InChI is InChI=1S/C19H20N2O3/c1-3-10-21-15-12-14(20)8-9-17(15)24-18(19(21)22)11-13-6-4-5-7-16(13)23-2/h3-9,12,18H,1,10-11,20H2,2H3. The van der Waals surface area contributed by atoms with Crippen LogP contribution in [0.3, 0.4) is 0 Å². The molecule has 5 heteroatoms. The number of anilines is 2. The molecule has 1 unspecified atom stereocenters. The van der Waals surface area contributed by atoms with Crippen LogP contribution < -0.4 is 20.1 Å². The Morgan fingerprint density at radius 1 is 1.33 bits per heavy atom. The molecule has 0 aliphatic carbocycles. The van der Waals surface area contributed by atoms with Crippen LogP contribution in [0.2, 0.25) is 0 Å². The van der Waals surface area contributed by atoms with E-state index in [0.29, 0.717) is 30.1 Å². The van der Waals surface area contributed by atoms with E-state index in [1.165, 1.54) is 0 Å². The van der Waals surface area contributed by atoms with Crippen LogP contribution >= 0.6 is 0 Å². The summed E-state index contributed by atoms with van der Waals surface area (Å²) in [6.45, 7) is 4.14. The van der Waals surface area contributed by atoms with Crippen molar-refractivity contribution in [3.05, 3.63) is 60.7 Å². The minimum Gasteiger partial charge on any atom is -0.496 e. The fourth-order valence-corrected chi connectivity index (χ4v) is 2.86. The highest BCUT2D eigenvalue weighted by Gasteiger charge is 2.34. The van der Waals surface area contributed by atoms with Gasteiger partial charge in [-0.15, -0.1) is 6.58 Å². The number of amides is 1. The third-order valence-electron chi connectivity index (χ3n) is 3.99. The molecule has 0 bridgehead atoms. The van der Waals surface area contributed by atoms with Gasteiger partial charge in [-0.3, -0.25) is 4.79 Å². The third kappa shape index (κ3) is 2.93. The van der Waals surface area contributed by atoms with Gasteiger partial charge in [-0.1, -0.05) is 24.3 Å². The van der Waals surface area contributed by atoms with Crippen molar-refractivity contribution in [3.8, 4) is 11.5 Å². The number of methoxy groups -OCH3 is 1. The van der Waals surface area contributed by atoms with Gasteiger partial charge >= 0.3 is 0 Å². The third-order valence-corrected chi connectivity index (χ3v) is 3.99. The molecule has 0 fully saturated rings. The van der Waals surface area contributed by atoms with Crippen LogP contribution in [0, 0.1) is 0 Å². The van der Waals surface area contributed by atoms with Crippen molar-refractivity contribution >= 4 is 17.3 Å². The molecule has 2 aromatic carbocycles. The lowest BCUT2D eigenvalue weighted by Gasteiger charge is -2.34. The molecule has 2 N–H and O–H groups in total. The van der Waals surface area contributed by atoms with E-state index >= 15 is 0 Å². The second-order valence-electron chi connectivity index (χ2n) is 5.59. The van der Waals surface area contributed by atoms with Crippen molar-refractivity contribution in [2.45, 2.75) is 12.5 Å². The molecule has 1 heterocycles. The van der Waals surface area contributed by atoms with Gasteiger partial charge in [0.1, 0.15) is 11.5 Å². The first-order valence-corrected chi connectivity index (χ1v) is 7.74. The summed E-state index contributed by atoms with van der Waals surface area (Å²) in [6.07, 6.45) is 1.51. The second kappa shape index (κ2) is 6.66. The number of benzene rings is 2. The first-order valence-electron chi connectivity index (χ1n) is 7.74. The Bertz CT molecular complexity index is 773. The first-order chi connectivity index (χ1) is 11.6. The average Bonchev–Trinajstić information content (AvgIpc) is 2.59. The Morgan fingerprint density at radius 3 is 2.88 bits per heavy atom. The predicted molar refractivity (Wildman–Crippen MR) is 94.5 cm³/mol. The number of ether oxygens (including phenoxy) is 2. The highest BCUT2D eigenvalue weighted by atomic mass is 16.5. The first kappa shape index (κ1) is 15.9. The minimum atomic E-state index is -0.614. The fourth-order valence-electron chi connectivity index (χ4n) is 2.86. The molecule has 124 valence electrons. The molecule has 0 radical (unpaired) electrons. The molecule has 1 aliphatic rings. The lowest BCUT2D eigenvalue weighted by molar-refractivity contribution is -0.126. The van der Waals surface area contributed by atoms with Crippen LogP contribution in [0.25, 0.3) is 0 Å². The quantitative estimate of drug-likeness (QED) is 0.678. The highest BCUT2D eigenvalue weighted by molar-refractivity contribution is 6.00. The van der Waals surface area contributed by atoms with Crippen molar-refractivity contribution in [3.63, 3.8) is 0 Å². The zero-order valence-electron chi connectivity index (χ0n) is 13.6. The van der Waals surface area contributed by atoms with E-state index in [2.05, 4.69) is 6.58 Å². The van der Waals surface area contributed by atoms with Crippen LogP contribution in [-0.2, 0) is 11.2 Å². The normalized spacial score (nSPS) is 16.3. The van der Waals surface area contributed by atoms with E-state index < -0.39 is 6.10 Å². The lowest BCUT2D eigenvalue weighted by atomic mass is 10.0. The summed E-state index contributed by atoms with van der Waals surface area (Å²) in [5, 5.41) is 0. The van der Waals surface area contributed by atoms with Crippen molar-refractivity contribution < 1.29 is 14.3 Å². The number of hydrogen-bond acceptors (Lipinski definition) is 4. The van der Waals surface area contributed by atoms with Crippen LogP contribution in [0.1, 0.15) is 5.56 Å². The number of nitrogen functional groups attached to an aromatic ring is 1. The molecular weight excluding hydrogens is 304 g/mol. The number of fused-ring (bicyclic) bond motifs is 1. The molecule has 0 saturated carbocycles. The summed E-state index contributed by atoms with van der Waals surface area (Å²) in [5.41, 5.74) is 8.04. The zero-order valence-corrected chi connectivity index (χ0v) is 13.6. The molecule has 1 amide bonds. The van der Waals surface area contributed by atoms with Gasteiger partial charge in [0, 0.05) is 18.7 Å². The predicted octanol–water partition coefficient (Wildman–Crippen LogP) is 2.80. The van der Waals surface area contributed by atoms with Gasteiger partial charge in [0.25, 0.3) is 5.91 Å². The van der Waals surface area contributed by atoms with E-state index in [0.717, 1.165) is 11.3 Å². The van der Waals surface area contributed by atoms with Gasteiger partial charge < -0.3 is 20.1 Å². The van der Waals surface area contributed by atoms with Crippen LogP contribution in [0.15, 0.2) is 55.1 Å². The monoisotopic (exact) mass is 324 g/mol. The Balaban J connectivity index is 1.94. The Labute approximate surface area is 141 Å². The smallest absolute Gasteiger partial charge is 0.268 e. The van der Waals surface area contributed by atoms with Gasteiger partial charge in [0.05, 0.1) is 12.8 Å². The number of rotatable bonds is 5. The SMILES string of the molecule is C=CCN1C(=O)C(Cc2ccccc2OC)Oc2ccc(N)cc21. The van der Waals surface area contributed by atoms with Gasteiger partial charge in [0.2, 0.25) is 0 Å². The molecule has 0 aromatic heterocycles. The summed E-state index contributed by atoms with van der Waals surface area (Å²) in [5.74, 6) is 1.27. The number of nitrogens with two attached hydrogens (primary N) is 1. The number of para-hydroxylation sites is 1. The van der Waals surface area contributed by atoms with Crippen LogP contribution in [-0.4, -0.2) is 25.7 Å². The molecule has 1 atom stereocenters. The van der Waals surface area contributed by atoms with E-state index in [-0.39, 0.29) is 5.91 Å². The van der Waals surface area contributed by atoms with E-state index in [9.17, 15) is 4.79 Å². The lowest BCUT2D eigenvalue weighted by Crippen LogP contribution is -2.47. The van der Waals surface area contributed by atoms with Crippen molar-refractivity contribution in [2.75, 3.05) is 24.3 Å². The maximum atomic E-state index is 12.9. The second-order valence-corrected chi connectivity index (χ2v) is 5.59. The maximum Gasteiger partial charge on any atom is 0.268 e. The van der Waals surface area contributed by atoms with E-state index in [4.69, 9.17) is 15.2 Å². The molecule has 0 saturated heterocycles. The zero-order chi connectivity index (χ0) is 17.1. The molecular formula is C19H20N2O3. The van der Waals surface area contributed by atoms with Crippen LogP contribution in [0.4, 0.5) is 11.4 Å². The topological polar surface area (TPSA) is 64.8 Å². The fraction of sp³-hybridized carbons (Fsp3) is 0.211. The number of carbonyl (C=O) groups excluding carboxylic acids is 1. The van der Waals surface area contributed by atoms with Crippen LogP contribution in [0.5, 0.6) is 11.5 Å². The average molecular weight is 324 g/mol. The summed E-state index contributed by atoms with van der Waals surface area (Å²) in [6, 6.07) is 12.9. The molecule has 24 heavy (non-hydrogen) atoms. The van der Waals surface area contributed by atoms with Crippen molar-refractivity contribution in [1.82, 2.24) is 0 Å². The van der Waals surface area contributed by atoms with Crippen molar-refractivity contribution in [2.24, 2.45) is 0 Å². The maximum absolute atomic E-state index is 12.9. The summed E-state index contributed by atoms with van der Waals surface area (Å²) in [7, 11) is 1.62. The van der Waals surface area contributed by atoms with E-state index in [1.54, 1.807) is 36.3 Å². The number of carbonyl (C=O) groups is 1. The van der Waals surface area contributed by atoms with Gasteiger partial charge in [-0.05, 0) is 29.8 Å². The van der Waals surface area contributed by atoms with Gasteiger partial charge in [-0.25, -0.2) is 0 Å². The summed E-state index contributed by atoms with van der Waals surface area (Å²) in [4.78, 5) is 14.5. The Kier molecular flexibility index (Phi) is 4.42. The largest absolute Gasteiger partial charge is 0.496 e. The number of hydrogen-bond donors (Lipinski definition) is 1.